The second kappa shape index (κ2) is 8.98. The fourth-order valence-electron chi connectivity index (χ4n) is 4.22. The average Bonchev–Trinajstić information content (AvgIpc) is 3.08. The molecule has 4 rings (SSSR count). The van der Waals surface area contributed by atoms with Gasteiger partial charge in [0.25, 0.3) is 0 Å². The second-order valence-electron chi connectivity index (χ2n) is 9.37. The largest absolute Gasteiger partial charge is 0.389 e. The summed E-state index contributed by atoms with van der Waals surface area (Å²) in [5, 5.41) is 11.4. The van der Waals surface area contributed by atoms with Crippen LogP contribution in [-0.4, -0.2) is 53.6 Å². The Morgan fingerprint density at radius 1 is 1.12 bits per heavy atom. The van der Waals surface area contributed by atoms with E-state index in [-0.39, 0.29) is 5.75 Å². The zero-order valence-corrected chi connectivity index (χ0v) is 20.7. The molecule has 0 unspecified atom stereocenters. The van der Waals surface area contributed by atoms with Gasteiger partial charge in [-0.25, -0.2) is 18.4 Å². The third kappa shape index (κ3) is 5.22. The van der Waals surface area contributed by atoms with Gasteiger partial charge in [-0.15, -0.1) is 0 Å². The van der Waals surface area contributed by atoms with E-state index in [4.69, 9.17) is 15.5 Å². The molecule has 180 valence electrons. The number of rotatable bonds is 8. The highest BCUT2D eigenvalue weighted by Crippen LogP contribution is 2.33. The number of aromatic nitrogens is 3. The van der Waals surface area contributed by atoms with Gasteiger partial charge in [-0.2, -0.15) is 0 Å². The van der Waals surface area contributed by atoms with Crippen molar-refractivity contribution in [3.05, 3.63) is 53.9 Å². The molecule has 0 saturated carbocycles. The highest BCUT2D eigenvalue weighted by molar-refractivity contribution is 7.89. The fourth-order valence-corrected chi connectivity index (χ4v) is 5.01. The summed E-state index contributed by atoms with van der Waals surface area (Å²) < 4.78 is 30.7. The predicted molar refractivity (Wildman–Crippen MR) is 135 cm³/mol. The van der Waals surface area contributed by atoms with Crippen LogP contribution < -0.4 is 5.73 Å². The van der Waals surface area contributed by atoms with Crippen molar-refractivity contribution >= 4 is 37.6 Å². The number of pyridine rings is 1. The van der Waals surface area contributed by atoms with Crippen molar-refractivity contribution in [1.82, 2.24) is 14.5 Å². The molecule has 0 aliphatic heterocycles. The first-order valence-electron chi connectivity index (χ1n) is 11.0. The first kappa shape index (κ1) is 24.1. The van der Waals surface area contributed by atoms with Crippen LogP contribution in [0.1, 0.15) is 25.2 Å². The molecule has 0 bridgehead atoms. The Labute approximate surface area is 199 Å². The number of sulfone groups is 1. The van der Waals surface area contributed by atoms with Crippen LogP contribution in [0.5, 0.6) is 0 Å². The standard InChI is InChI=1S/C25H30N4O4S/c1-25(2,30)15-29-21(10-11-33-3)28-22-23(29)19-9-8-18(13-20(19)27-24(22)26)17-7-5-6-16(12-17)14-34(4,31)32/h5-9,12-13,30H,10-11,14-15H2,1-4H3,(H2,26,27). The lowest BCUT2D eigenvalue weighted by molar-refractivity contribution is 0.0615. The molecular weight excluding hydrogens is 452 g/mol. The van der Waals surface area contributed by atoms with Crippen LogP contribution in [0.3, 0.4) is 0 Å². The molecule has 2 aromatic heterocycles. The van der Waals surface area contributed by atoms with Gasteiger partial charge >= 0.3 is 0 Å². The molecular formula is C25H30N4O4S. The molecule has 9 heteroatoms. The van der Waals surface area contributed by atoms with Crippen molar-refractivity contribution in [2.75, 3.05) is 25.7 Å². The molecule has 0 radical (unpaired) electrons. The predicted octanol–water partition coefficient (Wildman–Crippen LogP) is 3.34. The van der Waals surface area contributed by atoms with Crippen LogP contribution in [0.2, 0.25) is 0 Å². The number of methoxy groups -OCH3 is 1. The summed E-state index contributed by atoms with van der Waals surface area (Å²) in [7, 11) is -1.49. The summed E-state index contributed by atoms with van der Waals surface area (Å²) in [5.41, 5.74) is 10.0. The number of nitrogens with zero attached hydrogens (tertiary/aromatic N) is 3. The molecule has 34 heavy (non-hydrogen) atoms. The van der Waals surface area contributed by atoms with Gasteiger partial charge in [0.2, 0.25) is 0 Å². The Kier molecular flexibility index (Phi) is 6.37. The van der Waals surface area contributed by atoms with E-state index >= 15 is 0 Å². The van der Waals surface area contributed by atoms with Crippen LogP contribution in [0.4, 0.5) is 5.82 Å². The second-order valence-corrected chi connectivity index (χ2v) is 11.5. The van der Waals surface area contributed by atoms with Gasteiger partial charge in [-0.1, -0.05) is 36.4 Å². The molecule has 0 atom stereocenters. The van der Waals surface area contributed by atoms with E-state index in [2.05, 4.69) is 4.98 Å². The lowest BCUT2D eigenvalue weighted by Gasteiger charge is -2.20. The number of nitrogen functional groups attached to an aromatic ring is 1. The van der Waals surface area contributed by atoms with Crippen molar-refractivity contribution in [2.24, 2.45) is 0 Å². The van der Waals surface area contributed by atoms with E-state index < -0.39 is 15.4 Å². The quantitative estimate of drug-likeness (QED) is 0.395. The lowest BCUT2D eigenvalue weighted by atomic mass is 10.0. The van der Waals surface area contributed by atoms with Gasteiger partial charge in [0.1, 0.15) is 11.3 Å². The molecule has 3 N–H and O–H groups in total. The lowest BCUT2D eigenvalue weighted by Crippen LogP contribution is -2.27. The van der Waals surface area contributed by atoms with Gasteiger partial charge in [0, 0.05) is 25.2 Å². The topological polar surface area (TPSA) is 120 Å². The minimum atomic E-state index is -3.13. The summed E-state index contributed by atoms with van der Waals surface area (Å²) in [6.45, 7) is 4.35. The molecule has 4 aromatic rings. The molecule has 0 aliphatic rings. The third-order valence-electron chi connectivity index (χ3n) is 5.55. The first-order valence-corrected chi connectivity index (χ1v) is 13.1. The van der Waals surface area contributed by atoms with Crippen LogP contribution in [0, 0.1) is 0 Å². The Balaban J connectivity index is 1.88. The number of fused-ring (bicyclic) bond motifs is 3. The van der Waals surface area contributed by atoms with E-state index in [0.717, 1.165) is 33.4 Å². The van der Waals surface area contributed by atoms with Crippen molar-refractivity contribution < 1.29 is 18.3 Å². The van der Waals surface area contributed by atoms with Crippen LogP contribution in [0.15, 0.2) is 42.5 Å². The Morgan fingerprint density at radius 2 is 1.85 bits per heavy atom. The molecule has 2 aromatic carbocycles. The summed E-state index contributed by atoms with van der Waals surface area (Å²) in [4.78, 5) is 9.35. The summed E-state index contributed by atoms with van der Waals surface area (Å²) >= 11 is 0. The number of anilines is 1. The molecule has 0 fully saturated rings. The maximum absolute atomic E-state index is 11.7. The summed E-state index contributed by atoms with van der Waals surface area (Å²) in [6.07, 6.45) is 1.80. The maximum atomic E-state index is 11.7. The van der Waals surface area contributed by atoms with E-state index in [1.807, 2.05) is 47.0 Å². The minimum absolute atomic E-state index is 0.0133. The van der Waals surface area contributed by atoms with Gasteiger partial charge in [0.05, 0.1) is 35.5 Å². The van der Waals surface area contributed by atoms with Crippen molar-refractivity contribution in [2.45, 2.75) is 38.2 Å². The molecule has 0 amide bonds. The van der Waals surface area contributed by atoms with Gasteiger partial charge in [-0.05, 0) is 36.6 Å². The summed E-state index contributed by atoms with van der Waals surface area (Å²) in [6, 6.07) is 13.4. The van der Waals surface area contributed by atoms with E-state index in [1.54, 1.807) is 21.0 Å². The third-order valence-corrected chi connectivity index (χ3v) is 6.40. The maximum Gasteiger partial charge on any atom is 0.152 e. The van der Waals surface area contributed by atoms with Crippen LogP contribution in [-0.2, 0) is 33.3 Å². The van der Waals surface area contributed by atoms with Crippen LogP contribution in [0.25, 0.3) is 33.1 Å². The number of hydrogen-bond donors (Lipinski definition) is 2. The average molecular weight is 483 g/mol. The normalized spacial score (nSPS) is 12.6. The monoisotopic (exact) mass is 482 g/mol. The number of ether oxygens (including phenoxy) is 1. The Bertz CT molecular complexity index is 1470. The smallest absolute Gasteiger partial charge is 0.152 e. The number of nitrogens with two attached hydrogens (primary N) is 1. The van der Waals surface area contributed by atoms with E-state index in [0.29, 0.717) is 36.4 Å². The van der Waals surface area contributed by atoms with Crippen molar-refractivity contribution in [3.63, 3.8) is 0 Å². The number of hydrogen-bond acceptors (Lipinski definition) is 7. The zero-order valence-electron chi connectivity index (χ0n) is 19.9. The SMILES string of the molecule is COCCc1nc2c(N)nc3cc(-c4cccc(CS(C)(=O)=O)c4)ccc3c2n1CC(C)(C)O. The Morgan fingerprint density at radius 3 is 2.53 bits per heavy atom. The van der Waals surface area contributed by atoms with E-state index in [1.165, 1.54) is 6.26 Å². The fraction of sp³-hybridized carbons (Fsp3) is 0.360. The molecule has 0 spiro atoms. The highest BCUT2D eigenvalue weighted by Gasteiger charge is 2.22. The van der Waals surface area contributed by atoms with Gasteiger partial charge in [0.15, 0.2) is 15.7 Å². The van der Waals surface area contributed by atoms with Crippen molar-refractivity contribution in [3.8, 4) is 11.1 Å². The Hall–Kier alpha value is -3.01. The van der Waals surface area contributed by atoms with Gasteiger partial charge < -0.3 is 20.1 Å². The van der Waals surface area contributed by atoms with Crippen LogP contribution >= 0.6 is 0 Å². The minimum Gasteiger partial charge on any atom is -0.389 e. The van der Waals surface area contributed by atoms with Gasteiger partial charge in [-0.3, -0.25) is 0 Å². The highest BCUT2D eigenvalue weighted by atomic mass is 32.2. The number of imidazole rings is 1. The first-order chi connectivity index (χ1) is 15.9. The zero-order chi connectivity index (χ0) is 24.7. The summed E-state index contributed by atoms with van der Waals surface area (Å²) in [5.74, 6) is 1.08. The molecule has 2 heterocycles. The molecule has 8 nitrogen and oxygen atoms in total. The van der Waals surface area contributed by atoms with E-state index in [9.17, 15) is 13.5 Å². The molecule has 0 aliphatic carbocycles. The molecule has 0 saturated heterocycles. The number of aliphatic hydroxyl groups is 1. The number of benzene rings is 2. The van der Waals surface area contributed by atoms with Crippen molar-refractivity contribution in [1.29, 1.82) is 0 Å².